The summed E-state index contributed by atoms with van der Waals surface area (Å²) in [6.45, 7) is 15.5. The van der Waals surface area contributed by atoms with Crippen molar-refractivity contribution in [1.29, 1.82) is 0 Å². The molecule has 0 radical (unpaired) electrons. The topological polar surface area (TPSA) is 46.6 Å². The Labute approximate surface area is 149 Å². The summed E-state index contributed by atoms with van der Waals surface area (Å²) in [5.74, 6) is -0.374. The van der Waals surface area contributed by atoms with Crippen molar-refractivity contribution < 1.29 is 14.3 Å². The van der Waals surface area contributed by atoms with Crippen molar-refractivity contribution in [3.63, 3.8) is 0 Å². The first kappa shape index (κ1) is 20.6. The van der Waals surface area contributed by atoms with Crippen LogP contribution in [-0.2, 0) is 10.2 Å². The smallest absolute Gasteiger partial charge is 0.339 e. The maximum absolute atomic E-state index is 12.5. The molecule has 0 aliphatic rings. The molecule has 0 saturated carbocycles. The van der Waals surface area contributed by atoms with Gasteiger partial charge in [-0.25, -0.2) is 4.79 Å². The standard InChI is InChI=1S/C19H29NO3S/c1-8-20(9-2)18(22)24-16-13(4)11-14(19(5,6)7)12-15(16)17(21)23-10-3/h11-12H,8-10H2,1-7H3. The summed E-state index contributed by atoms with van der Waals surface area (Å²) in [6.07, 6.45) is 0. The second-order valence-electron chi connectivity index (χ2n) is 6.68. The van der Waals surface area contributed by atoms with Crippen LogP contribution in [0.25, 0.3) is 0 Å². The minimum absolute atomic E-state index is 0.0443. The van der Waals surface area contributed by atoms with Crippen LogP contribution in [0.15, 0.2) is 17.0 Å². The van der Waals surface area contributed by atoms with Crippen molar-refractivity contribution in [1.82, 2.24) is 4.90 Å². The first-order chi connectivity index (χ1) is 11.1. The Hall–Kier alpha value is -1.49. The molecule has 4 nitrogen and oxygen atoms in total. The van der Waals surface area contributed by atoms with Crippen molar-refractivity contribution in [2.45, 2.75) is 58.8 Å². The molecule has 0 bridgehead atoms. The zero-order valence-corrected chi connectivity index (χ0v) is 16.7. The molecule has 0 aromatic heterocycles. The highest BCUT2D eigenvalue weighted by Gasteiger charge is 2.24. The fourth-order valence-corrected chi connectivity index (χ4v) is 3.37. The highest BCUT2D eigenvalue weighted by atomic mass is 32.2. The molecule has 1 rings (SSSR count). The number of amides is 1. The van der Waals surface area contributed by atoms with E-state index in [0.717, 1.165) is 22.9 Å². The Morgan fingerprint density at radius 3 is 2.17 bits per heavy atom. The SMILES string of the molecule is CCOC(=O)c1cc(C(C)(C)C)cc(C)c1SC(=O)N(CC)CC. The summed E-state index contributed by atoms with van der Waals surface area (Å²) < 4.78 is 5.21. The highest BCUT2D eigenvalue weighted by molar-refractivity contribution is 8.13. The Bertz CT molecular complexity index is 601. The van der Waals surface area contributed by atoms with E-state index in [1.807, 2.05) is 26.8 Å². The Kier molecular flexibility index (Phi) is 7.33. The number of carbonyl (C=O) groups excluding carboxylic acids is 2. The first-order valence-corrected chi connectivity index (χ1v) is 9.26. The van der Waals surface area contributed by atoms with Crippen LogP contribution in [0.3, 0.4) is 0 Å². The summed E-state index contributed by atoms with van der Waals surface area (Å²) >= 11 is 1.11. The van der Waals surface area contributed by atoms with E-state index in [2.05, 4.69) is 26.8 Å². The fourth-order valence-electron chi connectivity index (χ4n) is 2.34. The Morgan fingerprint density at radius 2 is 1.71 bits per heavy atom. The van der Waals surface area contributed by atoms with E-state index in [0.29, 0.717) is 30.2 Å². The molecule has 0 aliphatic heterocycles. The van der Waals surface area contributed by atoms with Gasteiger partial charge < -0.3 is 9.64 Å². The van der Waals surface area contributed by atoms with Gasteiger partial charge in [0.25, 0.3) is 5.24 Å². The zero-order chi connectivity index (χ0) is 18.5. The summed E-state index contributed by atoms with van der Waals surface area (Å²) in [4.78, 5) is 27.3. The maximum Gasteiger partial charge on any atom is 0.339 e. The molecule has 0 unspecified atom stereocenters. The third kappa shape index (κ3) is 5.00. The van der Waals surface area contributed by atoms with E-state index in [-0.39, 0.29) is 16.6 Å². The molecular formula is C19H29NO3S. The number of hydrogen-bond acceptors (Lipinski definition) is 4. The van der Waals surface area contributed by atoms with Crippen LogP contribution < -0.4 is 0 Å². The van der Waals surface area contributed by atoms with Crippen molar-refractivity contribution in [2.75, 3.05) is 19.7 Å². The molecule has 0 atom stereocenters. The number of rotatable bonds is 5. The van der Waals surface area contributed by atoms with Crippen molar-refractivity contribution in [2.24, 2.45) is 0 Å². The lowest BCUT2D eigenvalue weighted by molar-refractivity contribution is 0.0522. The number of nitrogens with zero attached hydrogens (tertiary/aromatic N) is 1. The van der Waals surface area contributed by atoms with E-state index >= 15 is 0 Å². The number of esters is 1. The number of ether oxygens (including phenoxy) is 1. The predicted molar refractivity (Wildman–Crippen MR) is 100 cm³/mol. The van der Waals surface area contributed by atoms with Crippen LogP contribution in [-0.4, -0.2) is 35.8 Å². The van der Waals surface area contributed by atoms with E-state index in [9.17, 15) is 9.59 Å². The van der Waals surface area contributed by atoms with Gasteiger partial charge >= 0.3 is 5.97 Å². The molecule has 0 spiro atoms. The molecule has 0 fully saturated rings. The van der Waals surface area contributed by atoms with Crippen molar-refractivity contribution >= 4 is 23.0 Å². The number of carbonyl (C=O) groups is 2. The molecule has 0 aliphatic carbocycles. The molecular weight excluding hydrogens is 322 g/mol. The lowest BCUT2D eigenvalue weighted by Gasteiger charge is -2.23. The van der Waals surface area contributed by atoms with Gasteiger partial charge in [0.2, 0.25) is 0 Å². The molecule has 1 amide bonds. The highest BCUT2D eigenvalue weighted by Crippen LogP contribution is 2.34. The molecule has 0 saturated heterocycles. The van der Waals surface area contributed by atoms with Crippen LogP contribution in [0.2, 0.25) is 0 Å². The molecule has 1 aromatic rings. The first-order valence-electron chi connectivity index (χ1n) is 8.44. The number of aryl methyl sites for hydroxylation is 1. The third-order valence-corrected chi connectivity index (χ3v) is 5.03. The maximum atomic E-state index is 12.5. The van der Waals surface area contributed by atoms with Gasteiger partial charge in [-0.2, -0.15) is 0 Å². The largest absolute Gasteiger partial charge is 0.462 e. The average Bonchev–Trinajstić information content (AvgIpc) is 2.49. The molecule has 0 heterocycles. The molecule has 5 heteroatoms. The van der Waals surface area contributed by atoms with Gasteiger partial charge in [-0.3, -0.25) is 4.79 Å². The number of hydrogen-bond donors (Lipinski definition) is 0. The number of benzene rings is 1. The zero-order valence-electron chi connectivity index (χ0n) is 15.9. The second kappa shape index (κ2) is 8.56. The average molecular weight is 352 g/mol. The lowest BCUT2D eigenvalue weighted by atomic mass is 9.85. The molecule has 1 aromatic carbocycles. The van der Waals surface area contributed by atoms with Crippen LogP contribution in [0, 0.1) is 6.92 Å². The lowest BCUT2D eigenvalue weighted by Crippen LogP contribution is -2.27. The normalized spacial score (nSPS) is 11.3. The van der Waals surface area contributed by atoms with E-state index in [1.165, 1.54) is 0 Å². The second-order valence-corrected chi connectivity index (χ2v) is 7.64. The minimum Gasteiger partial charge on any atom is -0.462 e. The predicted octanol–water partition coefficient (Wildman–Crippen LogP) is 5.02. The fraction of sp³-hybridized carbons (Fsp3) is 0.579. The van der Waals surface area contributed by atoms with Crippen molar-refractivity contribution in [3.8, 4) is 0 Å². The number of thioether (sulfide) groups is 1. The van der Waals surface area contributed by atoms with Gasteiger partial charge in [0.15, 0.2) is 0 Å². The van der Waals surface area contributed by atoms with E-state index in [4.69, 9.17) is 4.74 Å². The van der Waals surface area contributed by atoms with Crippen molar-refractivity contribution in [3.05, 3.63) is 28.8 Å². The summed E-state index contributed by atoms with van der Waals surface area (Å²) in [7, 11) is 0. The molecule has 0 N–H and O–H groups in total. The van der Waals surface area contributed by atoms with Gasteiger partial charge in [-0.05, 0) is 62.1 Å². The Balaban J connectivity index is 3.36. The quantitative estimate of drug-likeness (QED) is 0.552. The molecule has 134 valence electrons. The van der Waals surface area contributed by atoms with E-state index in [1.54, 1.807) is 11.8 Å². The van der Waals surface area contributed by atoms with Crippen LogP contribution in [0.5, 0.6) is 0 Å². The van der Waals surface area contributed by atoms with E-state index < -0.39 is 0 Å². The van der Waals surface area contributed by atoms with Gasteiger partial charge in [0.1, 0.15) is 0 Å². The van der Waals surface area contributed by atoms with Gasteiger partial charge in [0.05, 0.1) is 12.2 Å². The summed E-state index contributed by atoms with van der Waals surface area (Å²) in [5.41, 5.74) is 2.38. The van der Waals surface area contributed by atoms with Gasteiger partial charge in [-0.15, -0.1) is 0 Å². The molecule has 24 heavy (non-hydrogen) atoms. The van der Waals surface area contributed by atoms with Crippen LogP contribution >= 0.6 is 11.8 Å². The summed E-state index contributed by atoms with van der Waals surface area (Å²) in [5, 5.41) is -0.0443. The summed E-state index contributed by atoms with van der Waals surface area (Å²) in [6, 6.07) is 3.92. The minimum atomic E-state index is -0.374. The van der Waals surface area contributed by atoms with Crippen LogP contribution in [0.4, 0.5) is 4.79 Å². The monoisotopic (exact) mass is 351 g/mol. The van der Waals surface area contributed by atoms with Gasteiger partial charge in [-0.1, -0.05) is 26.8 Å². The van der Waals surface area contributed by atoms with Gasteiger partial charge in [0, 0.05) is 18.0 Å². The van der Waals surface area contributed by atoms with Crippen LogP contribution in [0.1, 0.15) is 63.0 Å². The Morgan fingerprint density at radius 1 is 1.12 bits per heavy atom. The third-order valence-electron chi connectivity index (χ3n) is 3.85.